The van der Waals surface area contributed by atoms with Gasteiger partial charge in [-0.1, -0.05) is 26.8 Å². The van der Waals surface area contributed by atoms with Crippen LogP contribution in [0.5, 0.6) is 0 Å². The largest absolute Gasteiger partial charge is 0.309 e. The SMILES string of the molecule is CC1=CCCC(=O)N1CC(=O)C(C)(C)C. The van der Waals surface area contributed by atoms with Crippen LogP contribution in [-0.4, -0.2) is 23.1 Å². The van der Waals surface area contributed by atoms with Crippen LogP contribution in [0.1, 0.15) is 40.5 Å². The van der Waals surface area contributed by atoms with Crippen LogP contribution in [0.4, 0.5) is 0 Å². The van der Waals surface area contributed by atoms with E-state index in [1.807, 2.05) is 33.8 Å². The lowest BCUT2D eigenvalue weighted by molar-refractivity contribution is -0.136. The number of rotatable bonds is 2. The number of carbonyl (C=O) groups excluding carboxylic acids is 2. The maximum Gasteiger partial charge on any atom is 0.227 e. The van der Waals surface area contributed by atoms with Crippen molar-refractivity contribution in [3.05, 3.63) is 11.8 Å². The number of nitrogens with zero attached hydrogens (tertiary/aromatic N) is 1. The molecule has 1 heterocycles. The molecule has 1 rings (SSSR count). The van der Waals surface area contributed by atoms with Crippen molar-refractivity contribution in [2.45, 2.75) is 40.5 Å². The molecule has 1 aliphatic heterocycles. The quantitative estimate of drug-likeness (QED) is 0.698. The Hall–Kier alpha value is -1.12. The predicted octanol–water partition coefficient (Wildman–Crippen LogP) is 2.13. The van der Waals surface area contributed by atoms with E-state index in [0.717, 1.165) is 12.1 Å². The summed E-state index contributed by atoms with van der Waals surface area (Å²) in [7, 11) is 0. The molecular formula is C12H19NO2. The molecule has 3 nitrogen and oxygen atoms in total. The molecule has 1 aliphatic rings. The van der Waals surface area contributed by atoms with Crippen molar-refractivity contribution in [1.29, 1.82) is 0 Å². The molecule has 0 unspecified atom stereocenters. The summed E-state index contributed by atoms with van der Waals surface area (Å²) in [6, 6.07) is 0. The first-order chi connectivity index (χ1) is 6.82. The number of allylic oxidation sites excluding steroid dienone is 2. The average molecular weight is 209 g/mol. The first kappa shape index (κ1) is 12.0. The minimum atomic E-state index is -0.377. The van der Waals surface area contributed by atoms with Crippen molar-refractivity contribution in [2.75, 3.05) is 6.54 Å². The van der Waals surface area contributed by atoms with Gasteiger partial charge in [-0.25, -0.2) is 0 Å². The molecule has 84 valence electrons. The van der Waals surface area contributed by atoms with Gasteiger partial charge in [-0.3, -0.25) is 9.59 Å². The van der Waals surface area contributed by atoms with E-state index in [-0.39, 0.29) is 23.7 Å². The van der Waals surface area contributed by atoms with E-state index in [9.17, 15) is 9.59 Å². The van der Waals surface area contributed by atoms with Crippen molar-refractivity contribution in [3.8, 4) is 0 Å². The molecule has 0 fully saturated rings. The molecule has 0 radical (unpaired) electrons. The Balaban J connectivity index is 2.73. The van der Waals surface area contributed by atoms with Gasteiger partial charge in [-0.05, 0) is 13.3 Å². The summed E-state index contributed by atoms with van der Waals surface area (Å²) in [6.07, 6.45) is 3.33. The van der Waals surface area contributed by atoms with Crippen LogP contribution in [0.15, 0.2) is 11.8 Å². The fourth-order valence-corrected chi connectivity index (χ4v) is 1.44. The zero-order valence-electron chi connectivity index (χ0n) is 9.96. The third kappa shape index (κ3) is 2.91. The molecule has 1 amide bonds. The molecule has 0 saturated heterocycles. The maximum absolute atomic E-state index is 11.8. The summed E-state index contributed by atoms with van der Waals surface area (Å²) in [5, 5.41) is 0. The van der Waals surface area contributed by atoms with Gasteiger partial charge in [-0.2, -0.15) is 0 Å². The standard InChI is InChI=1S/C12H19NO2/c1-9-6-5-7-11(15)13(9)8-10(14)12(2,3)4/h6H,5,7-8H2,1-4H3. The Morgan fingerprint density at radius 3 is 2.53 bits per heavy atom. The van der Waals surface area contributed by atoms with Gasteiger partial charge in [0.15, 0.2) is 5.78 Å². The first-order valence-electron chi connectivity index (χ1n) is 5.33. The van der Waals surface area contributed by atoms with E-state index in [1.165, 1.54) is 0 Å². The Morgan fingerprint density at radius 1 is 1.47 bits per heavy atom. The van der Waals surface area contributed by atoms with Gasteiger partial charge in [0, 0.05) is 17.5 Å². The number of Topliss-reactive ketones (excluding diaryl/α,β-unsaturated/α-hetero) is 1. The van der Waals surface area contributed by atoms with E-state index in [1.54, 1.807) is 4.90 Å². The van der Waals surface area contributed by atoms with E-state index in [4.69, 9.17) is 0 Å². The summed E-state index contributed by atoms with van der Waals surface area (Å²) < 4.78 is 0. The van der Waals surface area contributed by atoms with E-state index < -0.39 is 0 Å². The lowest BCUT2D eigenvalue weighted by atomic mass is 9.90. The predicted molar refractivity (Wildman–Crippen MR) is 59.2 cm³/mol. The molecule has 3 heteroatoms. The molecule has 0 atom stereocenters. The van der Waals surface area contributed by atoms with Crippen LogP contribution in [-0.2, 0) is 9.59 Å². The zero-order chi connectivity index (χ0) is 11.6. The van der Waals surface area contributed by atoms with Crippen LogP contribution in [0.3, 0.4) is 0 Å². The van der Waals surface area contributed by atoms with Gasteiger partial charge in [-0.15, -0.1) is 0 Å². The van der Waals surface area contributed by atoms with E-state index in [0.29, 0.717) is 6.42 Å². The van der Waals surface area contributed by atoms with Crippen LogP contribution >= 0.6 is 0 Å². The van der Waals surface area contributed by atoms with Gasteiger partial charge >= 0.3 is 0 Å². The highest BCUT2D eigenvalue weighted by Crippen LogP contribution is 2.20. The second-order valence-electron chi connectivity index (χ2n) is 5.04. The average Bonchev–Trinajstić information content (AvgIpc) is 2.09. The lowest BCUT2D eigenvalue weighted by Crippen LogP contribution is -2.39. The van der Waals surface area contributed by atoms with Crippen molar-refractivity contribution in [3.63, 3.8) is 0 Å². The Labute approximate surface area is 91.1 Å². The van der Waals surface area contributed by atoms with Crippen LogP contribution < -0.4 is 0 Å². The minimum absolute atomic E-state index is 0.0626. The van der Waals surface area contributed by atoms with Gasteiger partial charge < -0.3 is 4.90 Å². The normalized spacial score (nSPS) is 17.7. The van der Waals surface area contributed by atoms with Crippen LogP contribution in [0.2, 0.25) is 0 Å². The van der Waals surface area contributed by atoms with Gasteiger partial charge in [0.1, 0.15) is 0 Å². The van der Waals surface area contributed by atoms with Gasteiger partial charge in [0.25, 0.3) is 0 Å². The third-order valence-corrected chi connectivity index (χ3v) is 2.66. The van der Waals surface area contributed by atoms with Gasteiger partial charge in [0.2, 0.25) is 5.91 Å². The number of amides is 1. The fraction of sp³-hybridized carbons (Fsp3) is 0.667. The summed E-state index contributed by atoms with van der Waals surface area (Å²) in [5.41, 5.74) is 0.529. The molecule has 0 aliphatic carbocycles. The molecule has 0 aromatic heterocycles. The van der Waals surface area contributed by atoms with Crippen LogP contribution in [0, 0.1) is 5.41 Å². The maximum atomic E-state index is 11.8. The summed E-state index contributed by atoms with van der Waals surface area (Å²) in [5.74, 6) is 0.165. The highest BCUT2D eigenvalue weighted by molar-refractivity contribution is 5.90. The zero-order valence-corrected chi connectivity index (χ0v) is 9.96. The van der Waals surface area contributed by atoms with E-state index in [2.05, 4.69) is 0 Å². The summed E-state index contributed by atoms with van der Waals surface area (Å²) >= 11 is 0. The third-order valence-electron chi connectivity index (χ3n) is 2.66. The monoisotopic (exact) mass is 209 g/mol. The summed E-state index contributed by atoms with van der Waals surface area (Å²) in [4.78, 5) is 25.0. The molecule has 0 spiro atoms. The van der Waals surface area contributed by atoms with E-state index >= 15 is 0 Å². The smallest absolute Gasteiger partial charge is 0.227 e. The number of ketones is 1. The number of hydrogen-bond donors (Lipinski definition) is 0. The first-order valence-corrected chi connectivity index (χ1v) is 5.33. The second kappa shape index (κ2) is 4.17. The number of hydrogen-bond acceptors (Lipinski definition) is 2. The molecule has 0 saturated carbocycles. The topological polar surface area (TPSA) is 37.4 Å². The van der Waals surface area contributed by atoms with Crippen molar-refractivity contribution in [1.82, 2.24) is 4.90 Å². The highest BCUT2D eigenvalue weighted by atomic mass is 16.2. The Morgan fingerprint density at radius 2 is 2.07 bits per heavy atom. The van der Waals surface area contributed by atoms with Crippen molar-refractivity contribution < 1.29 is 9.59 Å². The lowest BCUT2D eigenvalue weighted by Gasteiger charge is -2.28. The minimum Gasteiger partial charge on any atom is -0.309 e. The molecular weight excluding hydrogens is 190 g/mol. The summed E-state index contributed by atoms with van der Waals surface area (Å²) in [6.45, 7) is 7.73. The molecule has 15 heavy (non-hydrogen) atoms. The van der Waals surface area contributed by atoms with Crippen molar-refractivity contribution >= 4 is 11.7 Å². The highest BCUT2D eigenvalue weighted by Gasteiger charge is 2.27. The molecule has 0 N–H and O–H groups in total. The molecule has 0 aromatic carbocycles. The fourth-order valence-electron chi connectivity index (χ4n) is 1.44. The van der Waals surface area contributed by atoms with Gasteiger partial charge in [0.05, 0.1) is 6.54 Å². The second-order valence-corrected chi connectivity index (χ2v) is 5.04. The number of carbonyl (C=O) groups is 2. The molecule has 0 bridgehead atoms. The Kier molecular flexibility index (Phi) is 3.32. The van der Waals surface area contributed by atoms with Crippen molar-refractivity contribution in [2.24, 2.45) is 5.41 Å². The molecule has 0 aromatic rings. The van der Waals surface area contributed by atoms with Crippen LogP contribution in [0.25, 0.3) is 0 Å². The Bertz CT molecular complexity index is 310.